The van der Waals surface area contributed by atoms with Gasteiger partial charge in [-0.1, -0.05) is 30.7 Å². The molecule has 5 nitrogen and oxygen atoms in total. The van der Waals surface area contributed by atoms with Crippen molar-refractivity contribution in [3.63, 3.8) is 0 Å². The largest absolute Gasteiger partial charge is 0.350 e. The van der Waals surface area contributed by atoms with Crippen LogP contribution in [-0.4, -0.2) is 42.1 Å². The monoisotopic (exact) mass is 278 g/mol. The SMILES string of the molecule is CCC(C)(C=O)N(CC1=CC=CCC1)C(=O)CNC=O. The summed E-state index contributed by atoms with van der Waals surface area (Å²) in [6.45, 7) is 3.96. The first-order valence-corrected chi connectivity index (χ1v) is 6.85. The Kier molecular flexibility index (Phi) is 6.15. The van der Waals surface area contributed by atoms with Crippen LogP contribution >= 0.6 is 0 Å². The van der Waals surface area contributed by atoms with Gasteiger partial charge in [0.25, 0.3) is 0 Å². The third-order valence-electron chi connectivity index (χ3n) is 3.69. The van der Waals surface area contributed by atoms with Crippen molar-refractivity contribution >= 4 is 18.6 Å². The van der Waals surface area contributed by atoms with Crippen LogP contribution in [0.2, 0.25) is 0 Å². The van der Waals surface area contributed by atoms with Crippen LogP contribution in [0.1, 0.15) is 33.1 Å². The van der Waals surface area contributed by atoms with Crippen molar-refractivity contribution in [1.29, 1.82) is 0 Å². The van der Waals surface area contributed by atoms with Gasteiger partial charge >= 0.3 is 0 Å². The molecule has 110 valence electrons. The number of hydrogen-bond donors (Lipinski definition) is 1. The highest BCUT2D eigenvalue weighted by atomic mass is 16.2. The highest BCUT2D eigenvalue weighted by molar-refractivity contribution is 5.84. The van der Waals surface area contributed by atoms with Crippen molar-refractivity contribution in [2.24, 2.45) is 0 Å². The maximum absolute atomic E-state index is 12.2. The maximum atomic E-state index is 12.2. The molecule has 0 fully saturated rings. The fourth-order valence-corrected chi connectivity index (χ4v) is 2.10. The Morgan fingerprint density at radius 3 is 2.75 bits per heavy atom. The lowest BCUT2D eigenvalue weighted by Gasteiger charge is -2.37. The van der Waals surface area contributed by atoms with Gasteiger partial charge in [-0.25, -0.2) is 0 Å². The van der Waals surface area contributed by atoms with Crippen molar-refractivity contribution in [3.8, 4) is 0 Å². The number of nitrogens with one attached hydrogen (secondary N) is 1. The van der Waals surface area contributed by atoms with Crippen LogP contribution < -0.4 is 5.32 Å². The van der Waals surface area contributed by atoms with Gasteiger partial charge in [-0.15, -0.1) is 0 Å². The van der Waals surface area contributed by atoms with Gasteiger partial charge in [-0.2, -0.15) is 0 Å². The minimum atomic E-state index is -0.844. The Balaban J connectivity index is 2.90. The average Bonchev–Trinajstić information content (AvgIpc) is 2.50. The lowest BCUT2D eigenvalue weighted by molar-refractivity contribution is -0.140. The predicted octanol–water partition coefficient (Wildman–Crippen LogP) is 1.20. The number of rotatable bonds is 8. The molecule has 2 amide bonds. The highest BCUT2D eigenvalue weighted by Gasteiger charge is 2.33. The quantitative estimate of drug-likeness (QED) is 0.679. The minimum Gasteiger partial charge on any atom is -0.350 e. The molecule has 0 heterocycles. The molecule has 0 aromatic heterocycles. The summed E-state index contributed by atoms with van der Waals surface area (Å²) >= 11 is 0. The number of carbonyl (C=O) groups is 3. The first-order valence-electron chi connectivity index (χ1n) is 6.85. The number of amides is 2. The van der Waals surface area contributed by atoms with Gasteiger partial charge < -0.3 is 15.0 Å². The van der Waals surface area contributed by atoms with E-state index in [0.717, 1.165) is 24.7 Å². The van der Waals surface area contributed by atoms with E-state index in [-0.39, 0.29) is 12.5 Å². The molecule has 0 aromatic carbocycles. The number of nitrogens with zero attached hydrogens (tertiary/aromatic N) is 1. The first-order chi connectivity index (χ1) is 9.57. The van der Waals surface area contributed by atoms with E-state index in [2.05, 4.69) is 11.4 Å². The zero-order valence-corrected chi connectivity index (χ0v) is 12.1. The van der Waals surface area contributed by atoms with Crippen molar-refractivity contribution in [1.82, 2.24) is 10.2 Å². The zero-order valence-electron chi connectivity index (χ0n) is 12.1. The van der Waals surface area contributed by atoms with Crippen LogP contribution in [0.15, 0.2) is 23.8 Å². The fraction of sp³-hybridized carbons (Fsp3) is 0.533. The molecule has 1 atom stereocenters. The third-order valence-corrected chi connectivity index (χ3v) is 3.69. The zero-order chi connectivity index (χ0) is 15.0. The van der Waals surface area contributed by atoms with E-state index in [1.807, 2.05) is 19.1 Å². The topological polar surface area (TPSA) is 66.5 Å². The summed E-state index contributed by atoms with van der Waals surface area (Å²) < 4.78 is 0. The predicted molar refractivity (Wildman–Crippen MR) is 77.0 cm³/mol. The summed E-state index contributed by atoms with van der Waals surface area (Å²) in [5.41, 5.74) is 0.275. The van der Waals surface area contributed by atoms with E-state index < -0.39 is 5.54 Å². The van der Waals surface area contributed by atoms with Crippen molar-refractivity contribution in [2.75, 3.05) is 13.1 Å². The number of aldehydes is 1. The minimum absolute atomic E-state index is 0.0873. The van der Waals surface area contributed by atoms with E-state index in [1.54, 1.807) is 11.8 Å². The van der Waals surface area contributed by atoms with Crippen LogP contribution in [-0.2, 0) is 14.4 Å². The molecule has 1 N–H and O–H groups in total. The highest BCUT2D eigenvalue weighted by Crippen LogP contribution is 2.21. The Bertz CT molecular complexity index is 429. The lowest BCUT2D eigenvalue weighted by atomic mass is 9.95. The van der Waals surface area contributed by atoms with Gasteiger partial charge in [0, 0.05) is 6.54 Å². The number of allylic oxidation sites excluding steroid dienone is 3. The molecule has 0 saturated carbocycles. The smallest absolute Gasteiger partial charge is 0.243 e. The maximum Gasteiger partial charge on any atom is 0.243 e. The molecule has 0 spiro atoms. The lowest BCUT2D eigenvalue weighted by Crippen LogP contribution is -2.53. The second-order valence-electron chi connectivity index (χ2n) is 5.10. The standard InChI is InChI=1S/C15H22N2O3/c1-3-15(2,11-18)17(14(20)9-16-12-19)10-13-7-5-4-6-8-13/h4-5,7,11-12H,3,6,8-10H2,1-2H3,(H,16,19). The number of carbonyl (C=O) groups excluding carboxylic acids is 3. The molecule has 1 aliphatic rings. The summed E-state index contributed by atoms with van der Waals surface area (Å²) in [4.78, 5) is 35.5. The molecule has 1 rings (SSSR count). The molecule has 5 heteroatoms. The average molecular weight is 278 g/mol. The van der Waals surface area contributed by atoms with Gasteiger partial charge in [0.1, 0.15) is 6.29 Å². The van der Waals surface area contributed by atoms with Gasteiger partial charge in [-0.05, 0) is 26.2 Å². The summed E-state index contributed by atoms with van der Waals surface area (Å²) in [7, 11) is 0. The van der Waals surface area contributed by atoms with Crippen LogP contribution in [0.4, 0.5) is 0 Å². The van der Waals surface area contributed by atoms with Crippen molar-refractivity contribution in [2.45, 2.75) is 38.6 Å². The van der Waals surface area contributed by atoms with E-state index in [0.29, 0.717) is 19.4 Å². The van der Waals surface area contributed by atoms with Gasteiger partial charge in [0.15, 0.2) is 0 Å². The first kappa shape index (κ1) is 16.1. The molecule has 1 unspecified atom stereocenters. The second kappa shape index (κ2) is 7.62. The molecular weight excluding hydrogens is 256 g/mol. The van der Waals surface area contributed by atoms with Crippen molar-refractivity contribution < 1.29 is 14.4 Å². The van der Waals surface area contributed by atoms with Crippen LogP contribution in [0.5, 0.6) is 0 Å². The van der Waals surface area contributed by atoms with Gasteiger partial charge in [-0.3, -0.25) is 9.59 Å². The Morgan fingerprint density at radius 1 is 1.50 bits per heavy atom. The summed E-state index contributed by atoms with van der Waals surface area (Å²) in [5, 5.41) is 2.36. The van der Waals surface area contributed by atoms with Gasteiger partial charge in [0.2, 0.25) is 12.3 Å². The van der Waals surface area contributed by atoms with Crippen LogP contribution in [0, 0.1) is 0 Å². The molecule has 1 aliphatic carbocycles. The van der Waals surface area contributed by atoms with E-state index in [1.165, 1.54) is 0 Å². The molecule has 0 aromatic rings. The number of hydrogen-bond acceptors (Lipinski definition) is 3. The summed E-state index contributed by atoms with van der Waals surface area (Å²) in [5.74, 6) is -0.246. The molecule has 0 aliphatic heterocycles. The molecule has 0 bridgehead atoms. The Hall–Kier alpha value is -1.91. The van der Waals surface area contributed by atoms with E-state index >= 15 is 0 Å². The summed E-state index contributed by atoms with van der Waals surface area (Å²) in [6, 6.07) is 0. The van der Waals surface area contributed by atoms with E-state index in [9.17, 15) is 14.4 Å². The van der Waals surface area contributed by atoms with Crippen LogP contribution in [0.3, 0.4) is 0 Å². The fourth-order valence-electron chi connectivity index (χ4n) is 2.10. The summed E-state index contributed by atoms with van der Waals surface area (Å²) in [6.07, 6.45) is 9.69. The molecule has 0 radical (unpaired) electrons. The van der Waals surface area contributed by atoms with Crippen molar-refractivity contribution in [3.05, 3.63) is 23.8 Å². The Morgan fingerprint density at radius 2 is 2.25 bits per heavy atom. The van der Waals surface area contributed by atoms with E-state index in [4.69, 9.17) is 0 Å². The molecule has 20 heavy (non-hydrogen) atoms. The molecule has 0 saturated heterocycles. The third kappa shape index (κ3) is 4.05. The normalized spacial score (nSPS) is 16.8. The van der Waals surface area contributed by atoms with Gasteiger partial charge in [0.05, 0.1) is 12.1 Å². The van der Waals surface area contributed by atoms with Crippen LogP contribution in [0.25, 0.3) is 0 Å². The molecular formula is C15H22N2O3. The second-order valence-corrected chi connectivity index (χ2v) is 5.10. The Labute approximate surface area is 119 Å².